The van der Waals surface area contributed by atoms with Gasteiger partial charge < -0.3 is 10.5 Å². The SMILES string of the molecule is CCSCCC(CN)Cc1ccccc1OC. The predicted octanol–water partition coefficient (Wildman–Crippen LogP) is 2.96. The molecule has 0 aliphatic heterocycles. The zero-order valence-electron chi connectivity index (χ0n) is 10.8. The molecule has 0 aliphatic carbocycles. The Bertz CT molecular complexity index is 317. The molecule has 1 aromatic carbocycles. The second-order valence-corrected chi connectivity index (χ2v) is 5.50. The van der Waals surface area contributed by atoms with E-state index in [1.54, 1.807) is 7.11 Å². The van der Waals surface area contributed by atoms with Gasteiger partial charge in [-0.05, 0) is 48.4 Å². The molecule has 17 heavy (non-hydrogen) atoms. The minimum atomic E-state index is 0.561. The van der Waals surface area contributed by atoms with Crippen LogP contribution < -0.4 is 10.5 Å². The van der Waals surface area contributed by atoms with Gasteiger partial charge >= 0.3 is 0 Å². The number of ether oxygens (including phenoxy) is 1. The van der Waals surface area contributed by atoms with Crippen LogP contribution >= 0.6 is 11.8 Å². The number of nitrogens with two attached hydrogens (primary N) is 1. The van der Waals surface area contributed by atoms with Crippen LogP contribution in [0.1, 0.15) is 18.9 Å². The van der Waals surface area contributed by atoms with E-state index >= 15 is 0 Å². The first-order valence-electron chi connectivity index (χ1n) is 6.21. The Morgan fingerprint density at radius 3 is 2.76 bits per heavy atom. The molecule has 1 rings (SSSR count). The Kier molecular flexibility index (Phi) is 7.13. The summed E-state index contributed by atoms with van der Waals surface area (Å²) in [7, 11) is 1.73. The third-order valence-electron chi connectivity index (χ3n) is 2.91. The number of hydrogen-bond donors (Lipinski definition) is 1. The number of hydrogen-bond acceptors (Lipinski definition) is 3. The standard InChI is InChI=1S/C14H23NOS/c1-3-17-9-8-12(11-15)10-13-6-4-5-7-14(13)16-2/h4-7,12H,3,8-11,15H2,1-2H3. The molecule has 0 aliphatic rings. The summed E-state index contributed by atoms with van der Waals surface area (Å²) in [5.41, 5.74) is 7.11. The van der Waals surface area contributed by atoms with Gasteiger partial charge in [0.15, 0.2) is 0 Å². The molecule has 0 saturated heterocycles. The van der Waals surface area contributed by atoms with Crippen LogP contribution in [-0.4, -0.2) is 25.2 Å². The highest BCUT2D eigenvalue weighted by Crippen LogP contribution is 2.22. The third kappa shape index (κ3) is 5.00. The van der Waals surface area contributed by atoms with E-state index in [9.17, 15) is 0 Å². The summed E-state index contributed by atoms with van der Waals surface area (Å²) in [6.45, 7) is 2.95. The van der Waals surface area contributed by atoms with Gasteiger partial charge in [-0.2, -0.15) is 11.8 Å². The lowest BCUT2D eigenvalue weighted by molar-refractivity contribution is 0.403. The first-order valence-corrected chi connectivity index (χ1v) is 7.37. The zero-order valence-corrected chi connectivity index (χ0v) is 11.6. The number of thioether (sulfide) groups is 1. The highest BCUT2D eigenvalue weighted by atomic mass is 32.2. The molecular weight excluding hydrogens is 230 g/mol. The van der Waals surface area contributed by atoms with Crippen molar-refractivity contribution in [2.75, 3.05) is 25.2 Å². The van der Waals surface area contributed by atoms with Crippen LogP contribution in [-0.2, 0) is 6.42 Å². The Hall–Kier alpha value is -0.670. The average Bonchev–Trinajstić information content (AvgIpc) is 2.38. The Morgan fingerprint density at radius 1 is 1.35 bits per heavy atom. The van der Waals surface area contributed by atoms with Gasteiger partial charge in [0.1, 0.15) is 5.75 Å². The summed E-state index contributed by atoms with van der Waals surface area (Å²) >= 11 is 1.99. The van der Waals surface area contributed by atoms with E-state index in [1.165, 1.54) is 23.5 Å². The van der Waals surface area contributed by atoms with Crippen molar-refractivity contribution in [2.45, 2.75) is 19.8 Å². The molecule has 1 unspecified atom stereocenters. The van der Waals surface area contributed by atoms with Gasteiger partial charge in [-0.25, -0.2) is 0 Å². The molecule has 0 radical (unpaired) electrons. The first kappa shape index (κ1) is 14.4. The largest absolute Gasteiger partial charge is 0.496 e. The van der Waals surface area contributed by atoms with Gasteiger partial charge in [0, 0.05) is 0 Å². The van der Waals surface area contributed by atoms with Crippen molar-refractivity contribution < 1.29 is 4.74 Å². The van der Waals surface area contributed by atoms with E-state index in [2.05, 4.69) is 19.1 Å². The van der Waals surface area contributed by atoms with Gasteiger partial charge in [0.25, 0.3) is 0 Å². The molecule has 0 saturated carbocycles. The van der Waals surface area contributed by atoms with Gasteiger partial charge in [0.05, 0.1) is 7.11 Å². The van der Waals surface area contributed by atoms with Crippen LogP contribution in [0.4, 0.5) is 0 Å². The molecule has 2 nitrogen and oxygen atoms in total. The van der Waals surface area contributed by atoms with E-state index in [0.29, 0.717) is 5.92 Å². The fraction of sp³-hybridized carbons (Fsp3) is 0.571. The molecule has 2 N–H and O–H groups in total. The van der Waals surface area contributed by atoms with E-state index in [-0.39, 0.29) is 0 Å². The van der Waals surface area contributed by atoms with Crippen LogP contribution in [0, 0.1) is 5.92 Å². The molecule has 0 fully saturated rings. The molecular formula is C14H23NOS. The smallest absolute Gasteiger partial charge is 0.122 e. The number of benzene rings is 1. The number of rotatable bonds is 8. The van der Waals surface area contributed by atoms with Crippen molar-refractivity contribution in [2.24, 2.45) is 11.7 Å². The molecule has 3 heteroatoms. The second-order valence-electron chi connectivity index (χ2n) is 4.10. The normalized spacial score (nSPS) is 12.4. The highest BCUT2D eigenvalue weighted by Gasteiger charge is 2.10. The zero-order chi connectivity index (χ0) is 12.5. The summed E-state index contributed by atoms with van der Waals surface area (Å²) in [4.78, 5) is 0. The lowest BCUT2D eigenvalue weighted by atomic mass is 9.96. The average molecular weight is 253 g/mol. The van der Waals surface area contributed by atoms with Gasteiger partial charge in [-0.1, -0.05) is 25.1 Å². The fourth-order valence-electron chi connectivity index (χ4n) is 1.88. The maximum atomic E-state index is 5.84. The van der Waals surface area contributed by atoms with Crippen LogP contribution in [0.2, 0.25) is 0 Å². The Balaban J connectivity index is 2.54. The lowest BCUT2D eigenvalue weighted by Gasteiger charge is -2.16. The summed E-state index contributed by atoms with van der Waals surface area (Å²) in [6, 6.07) is 8.22. The van der Waals surface area contributed by atoms with Gasteiger partial charge in [0.2, 0.25) is 0 Å². The van der Waals surface area contributed by atoms with Gasteiger partial charge in [-0.15, -0.1) is 0 Å². The lowest BCUT2D eigenvalue weighted by Crippen LogP contribution is -2.18. The summed E-state index contributed by atoms with van der Waals surface area (Å²) < 4.78 is 5.37. The van der Waals surface area contributed by atoms with Crippen LogP contribution in [0.25, 0.3) is 0 Å². The monoisotopic (exact) mass is 253 g/mol. The number of methoxy groups -OCH3 is 1. The molecule has 0 aromatic heterocycles. The van der Waals surface area contributed by atoms with Crippen molar-refractivity contribution in [3.8, 4) is 5.75 Å². The minimum absolute atomic E-state index is 0.561. The fourth-order valence-corrected chi connectivity index (χ4v) is 2.67. The van der Waals surface area contributed by atoms with E-state index in [4.69, 9.17) is 10.5 Å². The van der Waals surface area contributed by atoms with E-state index in [0.717, 1.165) is 18.7 Å². The third-order valence-corrected chi connectivity index (χ3v) is 3.84. The molecule has 1 atom stereocenters. The molecule has 0 heterocycles. The maximum Gasteiger partial charge on any atom is 0.122 e. The molecule has 0 amide bonds. The second kappa shape index (κ2) is 8.43. The summed E-state index contributed by atoms with van der Waals surface area (Å²) in [5, 5.41) is 0. The highest BCUT2D eigenvalue weighted by molar-refractivity contribution is 7.99. The number of para-hydroxylation sites is 1. The summed E-state index contributed by atoms with van der Waals surface area (Å²) in [5.74, 6) is 3.93. The van der Waals surface area contributed by atoms with E-state index < -0.39 is 0 Å². The summed E-state index contributed by atoms with van der Waals surface area (Å²) in [6.07, 6.45) is 2.21. The van der Waals surface area contributed by atoms with Crippen LogP contribution in [0.15, 0.2) is 24.3 Å². The van der Waals surface area contributed by atoms with E-state index in [1.807, 2.05) is 23.9 Å². The van der Waals surface area contributed by atoms with Crippen LogP contribution in [0.3, 0.4) is 0 Å². The Morgan fingerprint density at radius 2 is 2.12 bits per heavy atom. The van der Waals surface area contributed by atoms with Crippen molar-refractivity contribution in [1.29, 1.82) is 0 Å². The Labute approximate surface area is 109 Å². The van der Waals surface area contributed by atoms with Gasteiger partial charge in [-0.3, -0.25) is 0 Å². The minimum Gasteiger partial charge on any atom is -0.496 e. The predicted molar refractivity (Wildman–Crippen MR) is 76.9 cm³/mol. The molecule has 1 aromatic rings. The van der Waals surface area contributed by atoms with Crippen molar-refractivity contribution in [1.82, 2.24) is 0 Å². The quantitative estimate of drug-likeness (QED) is 0.723. The first-order chi connectivity index (χ1) is 8.31. The molecule has 0 spiro atoms. The molecule has 96 valence electrons. The van der Waals surface area contributed by atoms with Crippen molar-refractivity contribution in [3.63, 3.8) is 0 Å². The molecule has 0 bridgehead atoms. The van der Waals surface area contributed by atoms with Crippen molar-refractivity contribution in [3.05, 3.63) is 29.8 Å². The topological polar surface area (TPSA) is 35.2 Å². The maximum absolute atomic E-state index is 5.84. The van der Waals surface area contributed by atoms with Crippen LogP contribution in [0.5, 0.6) is 5.75 Å². The van der Waals surface area contributed by atoms with Crippen molar-refractivity contribution >= 4 is 11.8 Å².